The van der Waals surface area contributed by atoms with Crippen LogP contribution in [0.1, 0.15) is 30.6 Å². The van der Waals surface area contributed by atoms with Gasteiger partial charge in [0.15, 0.2) is 0 Å². The highest BCUT2D eigenvalue weighted by Crippen LogP contribution is 2.31. The Bertz CT molecular complexity index is 1150. The number of rotatable bonds is 11. The average Bonchev–Trinajstić information content (AvgIpc) is 2.99. The van der Waals surface area contributed by atoms with Gasteiger partial charge >= 0.3 is 0 Å². The van der Waals surface area contributed by atoms with Crippen LogP contribution in [0, 0.1) is 5.41 Å². The zero-order valence-electron chi connectivity index (χ0n) is 23.9. The van der Waals surface area contributed by atoms with Crippen molar-refractivity contribution in [2.45, 2.75) is 20.3 Å². The predicted molar refractivity (Wildman–Crippen MR) is 161 cm³/mol. The van der Waals surface area contributed by atoms with Gasteiger partial charge in [0.2, 0.25) is 5.91 Å². The first kappa shape index (κ1) is 30.0. The van der Waals surface area contributed by atoms with Crippen LogP contribution in [0.2, 0.25) is 0 Å². The molecule has 10 heteroatoms. The van der Waals surface area contributed by atoms with Crippen LogP contribution in [-0.2, 0) is 9.53 Å². The number of morpholine rings is 1. The topological polar surface area (TPSA) is 86.4 Å². The van der Waals surface area contributed by atoms with E-state index in [1.807, 2.05) is 30.3 Å². The number of para-hydroxylation sites is 2. The third kappa shape index (κ3) is 7.59. The first-order valence-electron chi connectivity index (χ1n) is 14.0. The smallest absolute Gasteiger partial charge is 0.253 e. The summed E-state index contributed by atoms with van der Waals surface area (Å²) in [5.74, 6) is 0.728. The Morgan fingerprint density at radius 3 is 2.33 bits per heavy atom. The number of nitrogens with one attached hydrogen (secondary N) is 2. The van der Waals surface area contributed by atoms with E-state index < -0.39 is 5.41 Å². The largest absolute Gasteiger partial charge is 0.495 e. The summed E-state index contributed by atoms with van der Waals surface area (Å²) in [5.41, 5.74) is 2.34. The van der Waals surface area contributed by atoms with Gasteiger partial charge in [-0.3, -0.25) is 14.5 Å². The molecule has 9 nitrogen and oxygen atoms in total. The molecule has 2 saturated heterocycles. The lowest BCUT2D eigenvalue weighted by Crippen LogP contribution is -2.47. The molecule has 2 amide bonds. The zero-order chi connectivity index (χ0) is 28.5. The highest BCUT2D eigenvalue weighted by Gasteiger charge is 2.28. The second kappa shape index (κ2) is 14.1. The monoisotopic (exact) mass is 571 g/mol. The number of halogens is 1. The van der Waals surface area contributed by atoms with Crippen molar-refractivity contribution in [3.8, 4) is 5.75 Å². The fraction of sp³-hybridized carbons (Fsp3) is 0.533. The van der Waals surface area contributed by atoms with Crippen LogP contribution in [0.15, 0.2) is 42.5 Å². The van der Waals surface area contributed by atoms with Crippen LogP contribution in [0.25, 0.3) is 0 Å². The fourth-order valence-electron chi connectivity index (χ4n) is 4.94. The molecule has 4 rings (SSSR count). The van der Waals surface area contributed by atoms with Gasteiger partial charge < -0.3 is 29.9 Å². The molecule has 2 N–H and O–H groups in total. The summed E-state index contributed by atoms with van der Waals surface area (Å²) in [4.78, 5) is 33.2. The maximum Gasteiger partial charge on any atom is 0.253 e. The number of ether oxygens (including phenoxy) is 2. The van der Waals surface area contributed by atoms with Crippen molar-refractivity contribution >= 4 is 40.5 Å². The van der Waals surface area contributed by atoms with E-state index in [0.717, 1.165) is 82.6 Å². The number of hydrogen-bond donors (Lipinski definition) is 2. The van der Waals surface area contributed by atoms with E-state index >= 15 is 0 Å². The standard InChI is InChI=1S/C30H42ClN5O4/c1-30(2,22-31)29(38)33-23-9-10-25(24(21-23)28(37)32-11-6-12-34-17-19-40-20-18-34)35-13-15-36(16-14-35)26-7-4-5-8-27(26)39-3/h4-5,7-10,21H,6,11-20,22H2,1-3H3,(H,32,37)(H,33,38). The van der Waals surface area contributed by atoms with Crippen molar-refractivity contribution in [3.05, 3.63) is 48.0 Å². The number of carbonyl (C=O) groups excluding carboxylic acids is 2. The number of piperazine rings is 1. The van der Waals surface area contributed by atoms with E-state index in [-0.39, 0.29) is 17.7 Å². The third-order valence-electron chi connectivity index (χ3n) is 7.53. The fourth-order valence-corrected chi connectivity index (χ4v) is 5.06. The Morgan fingerprint density at radius 1 is 0.975 bits per heavy atom. The second-order valence-corrected chi connectivity index (χ2v) is 11.2. The van der Waals surface area contributed by atoms with E-state index in [2.05, 4.69) is 31.4 Å². The van der Waals surface area contributed by atoms with Crippen molar-refractivity contribution in [1.82, 2.24) is 10.2 Å². The van der Waals surface area contributed by atoms with Crippen LogP contribution in [0.3, 0.4) is 0 Å². The maximum atomic E-state index is 13.5. The summed E-state index contributed by atoms with van der Waals surface area (Å²) < 4.78 is 11.0. The molecule has 0 bridgehead atoms. The second-order valence-electron chi connectivity index (χ2n) is 10.9. The van der Waals surface area contributed by atoms with Crippen LogP contribution < -0.4 is 25.2 Å². The van der Waals surface area contributed by atoms with Crippen molar-refractivity contribution < 1.29 is 19.1 Å². The lowest BCUT2D eigenvalue weighted by molar-refractivity contribution is -0.122. The third-order valence-corrected chi connectivity index (χ3v) is 8.20. The van der Waals surface area contributed by atoms with Crippen LogP contribution in [0.4, 0.5) is 17.1 Å². The summed E-state index contributed by atoms with van der Waals surface area (Å²) in [6.07, 6.45) is 0.860. The van der Waals surface area contributed by atoms with Gasteiger partial charge in [0.25, 0.3) is 5.91 Å². The van der Waals surface area contributed by atoms with Gasteiger partial charge in [0, 0.05) is 63.1 Å². The number of benzene rings is 2. The van der Waals surface area contributed by atoms with Gasteiger partial charge in [0.1, 0.15) is 5.75 Å². The van der Waals surface area contributed by atoms with Gasteiger partial charge in [0.05, 0.1) is 37.0 Å². The minimum absolute atomic E-state index is 0.142. The lowest BCUT2D eigenvalue weighted by Gasteiger charge is -2.38. The normalized spacial score (nSPS) is 16.5. The molecule has 218 valence electrons. The van der Waals surface area contributed by atoms with Crippen molar-refractivity contribution in [2.75, 3.05) is 93.7 Å². The Balaban J connectivity index is 1.46. The molecule has 2 fully saturated rings. The molecule has 0 aromatic heterocycles. The SMILES string of the molecule is COc1ccccc1N1CCN(c2ccc(NC(=O)C(C)(C)CCl)cc2C(=O)NCCCN2CCOCC2)CC1. The molecule has 0 spiro atoms. The summed E-state index contributed by atoms with van der Waals surface area (Å²) in [6.45, 7) is 11.6. The van der Waals surface area contributed by atoms with E-state index in [1.54, 1.807) is 27.0 Å². The molecule has 40 heavy (non-hydrogen) atoms. The Hall–Kier alpha value is -3.01. The van der Waals surface area contributed by atoms with Crippen molar-refractivity contribution in [2.24, 2.45) is 5.41 Å². The molecule has 0 saturated carbocycles. The number of methoxy groups -OCH3 is 1. The zero-order valence-corrected chi connectivity index (χ0v) is 24.6. The van der Waals surface area contributed by atoms with Crippen molar-refractivity contribution in [1.29, 1.82) is 0 Å². The number of hydrogen-bond acceptors (Lipinski definition) is 7. The molecule has 2 heterocycles. The van der Waals surface area contributed by atoms with Gasteiger partial charge in [-0.25, -0.2) is 0 Å². The molecule has 2 aliphatic rings. The van der Waals surface area contributed by atoms with Crippen LogP contribution >= 0.6 is 11.6 Å². The Labute approximate surface area is 242 Å². The minimum Gasteiger partial charge on any atom is -0.495 e. The summed E-state index contributed by atoms with van der Waals surface area (Å²) in [7, 11) is 1.69. The number of anilines is 3. The molecule has 0 aliphatic carbocycles. The maximum absolute atomic E-state index is 13.5. The lowest BCUT2D eigenvalue weighted by atomic mass is 9.95. The minimum atomic E-state index is -0.725. The molecule has 0 unspecified atom stereocenters. The van der Waals surface area contributed by atoms with Crippen molar-refractivity contribution in [3.63, 3.8) is 0 Å². The molecular weight excluding hydrogens is 530 g/mol. The first-order chi connectivity index (χ1) is 19.3. The van der Waals surface area contributed by atoms with Gasteiger partial charge in [-0.15, -0.1) is 11.6 Å². The van der Waals surface area contributed by atoms with Gasteiger partial charge in [-0.2, -0.15) is 0 Å². The Kier molecular flexibility index (Phi) is 10.5. The number of nitrogens with zero attached hydrogens (tertiary/aromatic N) is 3. The first-order valence-corrected chi connectivity index (χ1v) is 14.6. The van der Waals surface area contributed by atoms with E-state index in [0.29, 0.717) is 17.8 Å². The molecule has 0 radical (unpaired) electrons. The van der Waals surface area contributed by atoms with E-state index in [9.17, 15) is 9.59 Å². The molecule has 2 aliphatic heterocycles. The number of amides is 2. The molecule has 2 aromatic carbocycles. The van der Waals surface area contributed by atoms with Crippen LogP contribution in [0.5, 0.6) is 5.75 Å². The van der Waals surface area contributed by atoms with E-state index in [4.69, 9.17) is 21.1 Å². The van der Waals surface area contributed by atoms with Gasteiger partial charge in [-0.1, -0.05) is 12.1 Å². The average molecular weight is 572 g/mol. The molecule has 2 aromatic rings. The molecule has 0 atom stereocenters. The summed E-state index contributed by atoms with van der Waals surface area (Å²) >= 11 is 6.01. The van der Waals surface area contributed by atoms with Gasteiger partial charge in [-0.05, 0) is 57.1 Å². The number of alkyl halides is 1. The summed E-state index contributed by atoms with van der Waals surface area (Å²) in [6, 6.07) is 13.6. The number of carbonyl (C=O) groups is 2. The highest BCUT2D eigenvalue weighted by molar-refractivity contribution is 6.20. The predicted octanol–water partition coefficient (Wildman–Crippen LogP) is 3.68. The van der Waals surface area contributed by atoms with Crippen LogP contribution in [-0.4, -0.2) is 95.3 Å². The Morgan fingerprint density at radius 2 is 1.65 bits per heavy atom. The van der Waals surface area contributed by atoms with E-state index in [1.165, 1.54) is 0 Å². The highest BCUT2D eigenvalue weighted by atomic mass is 35.5. The quantitative estimate of drug-likeness (QED) is 0.314. The molecular formula is C30H42ClN5O4. The summed E-state index contributed by atoms with van der Waals surface area (Å²) in [5, 5.41) is 6.05.